The van der Waals surface area contributed by atoms with Crippen LogP contribution in [0.2, 0.25) is 5.02 Å². The zero-order valence-corrected chi connectivity index (χ0v) is 19.8. The molecule has 0 radical (unpaired) electrons. The van der Waals surface area contributed by atoms with E-state index in [9.17, 15) is 9.59 Å². The highest BCUT2D eigenvalue weighted by Crippen LogP contribution is 2.34. The van der Waals surface area contributed by atoms with E-state index >= 15 is 0 Å². The SMILES string of the molecule is Cc1cc(Cl)cc2sc(N(Cc3ccco3)C(=O)c3ccc(C(=O)c4ccccc4)cc3)nc12. The average Bonchev–Trinajstić information content (AvgIpc) is 3.52. The number of carbonyl (C=O) groups is 2. The van der Waals surface area contributed by atoms with Gasteiger partial charge in [0.05, 0.1) is 23.0 Å². The molecule has 2 heterocycles. The maximum Gasteiger partial charge on any atom is 0.260 e. The molecule has 2 aromatic heterocycles. The van der Waals surface area contributed by atoms with Gasteiger partial charge < -0.3 is 4.42 Å². The fraction of sp³-hybridized carbons (Fsp3) is 0.0741. The third-order valence-electron chi connectivity index (χ3n) is 5.44. The highest BCUT2D eigenvalue weighted by Gasteiger charge is 2.24. The molecule has 7 heteroatoms. The molecule has 3 aromatic carbocycles. The Hall–Kier alpha value is -3.74. The van der Waals surface area contributed by atoms with Crippen molar-refractivity contribution in [2.24, 2.45) is 0 Å². The van der Waals surface area contributed by atoms with Crippen LogP contribution in [-0.4, -0.2) is 16.7 Å². The number of ketones is 1. The van der Waals surface area contributed by atoms with E-state index in [1.165, 1.54) is 11.3 Å². The highest BCUT2D eigenvalue weighted by atomic mass is 35.5. The number of hydrogen-bond donors (Lipinski definition) is 0. The lowest BCUT2D eigenvalue weighted by molar-refractivity contribution is 0.0981. The molecule has 0 saturated carbocycles. The number of aryl methyl sites for hydroxylation is 1. The smallest absolute Gasteiger partial charge is 0.260 e. The maximum absolute atomic E-state index is 13.6. The van der Waals surface area contributed by atoms with Gasteiger partial charge in [0.1, 0.15) is 5.76 Å². The Morgan fingerprint density at radius 1 is 0.941 bits per heavy atom. The molecule has 0 unspecified atom stereocenters. The van der Waals surface area contributed by atoms with Gasteiger partial charge in [-0.25, -0.2) is 4.98 Å². The summed E-state index contributed by atoms with van der Waals surface area (Å²) in [6.45, 7) is 2.17. The number of benzene rings is 3. The average molecular weight is 487 g/mol. The Balaban J connectivity index is 1.49. The van der Waals surface area contributed by atoms with E-state index in [0.717, 1.165) is 15.8 Å². The Morgan fingerprint density at radius 2 is 1.65 bits per heavy atom. The summed E-state index contributed by atoms with van der Waals surface area (Å²) in [5.41, 5.74) is 3.32. The summed E-state index contributed by atoms with van der Waals surface area (Å²) in [4.78, 5) is 32.6. The van der Waals surface area contributed by atoms with Crippen molar-refractivity contribution in [3.8, 4) is 0 Å². The number of carbonyl (C=O) groups excluding carboxylic acids is 2. The highest BCUT2D eigenvalue weighted by molar-refractivity contribution is 7.22. The minimum atomic E-state index is -0.238. The molecule has 0 aliphatic rings. The third kappa shape index (κ3) is 4.38. The molecule has 5 nitrogen and oxygen atoms in total. The molecule has 0 fully saturated rings. The lowest BCUT2D eigenvalue weighted by Gasteiger charge is -2.19. The minimum absolute atomic E-state index is 0.0921. The van der Waals surface area contributed by atoms with Crippen LogP contribution in [0.5, 0.6) is 0 Å². The summed E-state index contributed by atoms with van der Waals surface area (Å²) in [5.74, 6) is 0.307. The summed E-state index contributed by atoms with van der Waals surface area (Å²) in [5, 5.41) is 1.17. The summed E-state index contributed by atoms with van der Waals surface area (Å²) < 4.78 is 6.41. The van der Waals surface area contributed by atoms with Crippen molar-refractivity contribution in [1.29, 1.82) is 0 Å². The molecular weight excluding hydrogens is 468 g/mol. The molecule has 0 spiro atoms. The fourth-order valence-electron chi connectivity index (χ4n) is 3.72. The van der Waals surface area contributed by atoms with Crippen molar-refractivity contribution in [3.05, 3.63) is 118 Å². The zero-order valence-electron chi connectivity index (χ0n) is 18.2. The summed E-state index contributed by atoms with van der Waals surface area (Å²) in [7, 11) is 0. The van der Waals surface area contributed by atoms with Crippen molar-refractivity contribution in [2.45, 2.75) is 13.5 Å². The normalized spacial score (nSPS) is 11.0. The Kier molecular flexibility index (Phi) is 6.01. The van der Waals surface area contributed by atoms with E-state index in [1.807, 2.05) is 43.3 Å². The Bertz CT molecular complexity index is 1480. The van der Waals surface area contributed by atoms with Gasteiger partial charge in [-0.3, -0.25) is 14.5 Å². The summed E-state index contributed by atoms with van der Waals surface area (Å²) in [6.07, 6.45) is 1.57. The van der Waals surface area contributed by atoms with Crippen molar-refractivity contribution < 1.29 is 14.0 Å². The van der Waals surface area contributed by atoms with E-state index in [2.05, 4.69) is 0 Å². The van der Waals surface area contributed by atoms with Crippen molar-refractivity contribution >= 4 is 50.0 Å². The van der Waals surface area contributed by atoms with E-state index in [-0.39, 0.29) is 18.2 Å². The molecule has 5 rings (SSSR count). The monoisotopic (exact) mass is 486 g/mol. The minimum Gasteiger partial charge on any atom is -0.467 e. The van der Waals surface area contributed by atoms with E-state index in [1.54, 1.807) is 53.6 Å². The summed E-state index contributed by atoms with van der Waals surface area (Å²) in [6, 6.07) is 23.1. The van der Waals surface area contributed by atoms with E-state index in [0.29, 0.717) is 32.6 Å². The number of halogens is 1. The zero-order chi connectivity index (χ0) is 23.7. The van der Waals surface area contributed by atoms with Gasteiger partial charge in [-0.05, 0) is 48.9 Å². The van der Waals surface area contributed by atoms with Crippen molar-refractivity contribution in [1.82, 2.24) is 4.98 Å². The predicted molar refractivity (Wildman–Crippen MR) is 135 cm³/mol. The molecule has 0 aliphatic carbocycles. The fourth-order valence-corrected chi connectivity index (χ4v) is 5.14. The second-order valence-corrected chi connectivity index (χ2v) is 9.25. The largest absolute Gasteiger partial charge is 0.467 e. The third-order valence-corrected chi connectivity index (χ3v) is 6.68. The van der Waals surface area contributed by atoms with Crippen LogP contribution < -0.4 is 4.90 Å². The summed E-state index contributed by atoms with van der Waals surface area (Å²) >= 11 is 7.62. The van der Waals surface area contributed by atoms with Gasteiger partial charge in [0.25, 0.3) is 5.91 Å². The van der Waals surface area contributed by atoms with Crippen LogP contribution in [0, 0.1) is 6.92 Å². The topological polar surface area (TPSA) is 63.4 Å². The number of furan rings is 1. The number of hydrogen-bond acceptors (Lipinski definition) is 5. The van der Waals surface area contributed by atoms with Crippen LogP contribution in [0.4, 0.5) is 5.13 Å². The van der Waals surface area contributed by atoms with E-state index in [4.69, 9.17) is 21.0 Å². The van der Waals surface area contributed by atoms with Crippen LogP contribution in [0.15, 0.2) is 89.5 Å². The second-order valence-electron chi connectivity index (χ2n) is 7.81. The molecule has 0 bridgehead atoms. The number of amides is 1. The standard InChI is InChI=1S/C27H19ClN2O3S/c1-17-14-21(28)15-23-24(17)29-27(34-23)30(16-22-8-5-13-33-22)26(32)20-11-9-19(10-12-20)25(31)18-6-3-2-4-7-18/h2-15H,16H2,1H3. The quantitative estimate of drug-likeness (QED) is 0.244. The van der Waals surface area contributed by atoms with Crippen LogP contribution >= 0.6 is 22.9 Å². The number of thiazole rings is 1. The van der Waals surface area contributed by atoms with Crippen LogP contribution in [0.1, 0.15) is 37.6 Å². The number of anilines is 1. The predicted octanol–water partition coefficient (Wildman–Crippen LogP) is 6.93. The van der Waals surface area contributed by atoms with Gasteiger partial charge in [-0.1, -0.05) is 65.4 Å². The first-order valence-electron chi connectivity index (χ1n) is 10.6. The molecule has 1 amide bonds. The number of aromatic nitrogens is 1. The Labute approximate surface area is 205 Å². The van der Waals surface area contributed by atoms with Gasteiger partial charge in [0.15, 0.2) is 10.9 Å². The first-order chi connectivity index (χ1) is 16.5. The molecule has 34 heavy (non-hydrogen) atoms. The first-order valence-corrected chi connectivity index (χ1v) is 11.8. The van der Waals surface area contributed by atoms with Crippen molar-refractivity contribution in [2.75, 3.05) is 4.90 Å². The molecule has 0 aliphatic heterocycles. The number of rotatable bonds is 6. The van der Waals surface area contributed by atoms with Gasteiger partial charge in [0, 0.05) is 21.7 Å². The molecule has 168 valence electrons. The van der Waals surface area contributed by atoms with Crippen molar-refractivity contribution in [3.63, 3.8) is 0 Å². The lowest BCUT2D eigenvalue weighted by atomic mass is 10.0. The first kappa shape index (κ1) is 22.1. The van der Waals surface area contributed by atoms with Crippen LogP contribution in [-0.2, 0) is 6.54 Å². The van der Waals surface area contributed by atoms with Gasteiger partial charge in [-0.15, -0.1) is 0 Å². The van der Waals surface area contributed by atoms with Gasteiger partial charge in [0.2, 0.25) is 0 Å². The van der Waals surface area contributed by atoms with Crippen LogP contribution in [0.25, 0.3) is 10.2 Å². The second kappa shape index (κ2) is 9.25. The number of nitrogens with zero attached hydrogens (tertiary/aromatic N) is 2. The molecule has 0 saturated heterocycles. The van der Waals surface area contributed by atoms with Crippen LogP contribution in [0.3, 0.4) is 0 Å². The maximum atomic E-state index is 13.6. The Morgan fingerprint density at radius 3 is 2.35 bits per heavy atom. The van der Waals surface area contributed by atoms with Gasteiger partial charge >= 0.3 is 0 Å². The molecule has 0 atom stereocenters. The van der Waals surface area contributed by atoms with Gasteiger partial charge in [-0.2, -0.15) is 0 Å². The molecular formula is C27H19ClN2O3S. The molecule has 5 aromatic rings. The molecule has 0 N–H and O–H groups in total. The lowest BCUT2D eigenvalue weighted by Crippen LogP contribution is -2.30. The van der Waals surface area contributed by atoms with E-state index < -0.39 is 0 Å². The number of fused-ring (bicyclic) bond motifs is 1.